The molecule has 2 aliphatic rings. The molecule has 2 atom stereocenters. The highest BCUT2D eigenvalue weighted by atomic mass is 16.7. The minimum Gasteiger partial charge on any atom is -0.433 e. The lowest BCUT2D eigenvalue weighted by Crippen LogP contribution is -2.36. The molecule has 1 aliphatic heterocycles. The zero-order valence-corrected chi connectivity index (χ0v) is 10.9. The first-order valence-corrected chi connectivity index (χ1v) is 6.83. The molecule has 4 rings (SSSR count). The van der Waals surface area contributed by atoms with Crippen LogP contribution < -0.4 is 0 Å². The lowest BCUT2D eigenvalue weighted by Gasteiger charge is -2.30. The van der Waals surface area contributed by atoms with Crippen molar-refractivity contribution >= 4 is 6.16 Å². The summed E-state index contributed by atoms with van der Waals surface area (Å²) >= 11 is 0. The largest absolute Gasteiger partial charge is 0.508 e. The lowest BCUT2D eigenvalue weighted by molar-refractivity contribution is -0.0356. The summed E-state index contributed by atoms with van der Waals surface area (Å²) in [5.41, 5.74) is 4.88. The van der Waals surface area contributed by atoms with Gasteiger partial charge in [0.25, 0.3) is 0 Å². The van der Waals surface area contributed by atoms with Crippen molar-refractivity contribution in [2.75, 3.05) is 6.61 Å². The van der Waals surface area contributed by atoms with Gasteiger partial charge in [-0.05, 0) is 22.3 Å². The van der Waals surface area contributed by atoms with Crippen LogP contribution in [0.3, 0.4) is 0 Å². The zero-order valence-electron chi connectivity index (χ0n) is 10.9. The topological polar surface area (TPSA) is 35.5 Å². The number of carbonyl (C=O) groups is 1. The molecule has 20 heavy (non-hydrogen) atoms. The number of hydrogen-bond acceptors (Lipinski definition) is 3. The van der Waals surface area contributed by atoms with Gasteiger partial charge in [-0.2, -0.15) is 0 Å². The molecule has 0 amide bonds. The van der Waals surface area contributed by atoms with Gasteiger partial charge in [-0.3, -0.25) is 0 Å². The third kappa shape index (κ3) is 1.70. The van der Waals surface area contributed by atoms with E-state index in [-0.39, 0.29) is 12.0 Å². The minimum atomic E-state index is -0.553. The lowest BCUT2D eigenvalue weighted by atomic mass is 9.90. The molecular weight excluding hydrogens is 252 g/mol. The fourth-order valence-electron chi connectivity index (χ4n) is 3.22. The fourth-order valence-corrected chi connectivity index (χ4v) is 3.22. The Morgan fingerprint density at radius 3 is 2.60 bits per heavy atom. The second-order valence-corrected chi connectivity index (χ2v) is 5.27. The van der Waals surface area contributed by atoms with Gasteiger partial charge < -0.3 is 9.47 Å². The highest BCUT2D eigenvalue weighted by Crippen LogP contribution is 2.40. The molecule has 2 aromatic rings. The van der Waals surface area contributed by atoms with Crippen molar-refractivity contribution in [3.8, 4) is 11.1 Å². The summed E-state index contributed by atoms with van der Waals surface area (Å²) in [6.45, 7) is 0.397. The van der Waals surface area contributed by atoms with Gasteiger partial charge in [0.2, 0.25) is 0 Å². The van der Waals surface area contributed by atoms with Crippen LogP contribution >= 0.6 is 0 Å². The molecule has 0 N–H and O–H groups in total. The molecular formula is C17H14O3. The summed E-state index contributed by atoms with van der Waals surface area (Å²) in [5, 5.41) is 0. The van der Waals surface area contributed by atoms with Crippen molar-refractivity contribution in [3.63, 3.8) is 0 Å². The van der Waals surface area contributed by atoms with Crippen molar-refractivity contribution in [1.29, 1.82) is 0 Å². The molecule has 1 aliphatic carbocycles. The molecule has 0 radical (unpaired) electrons. The van der Waals surface area contributed by atoms with E-state index in [1.165, 1.54) is 22.3 Å². The molecule has 0 unspecified atom stereocenters. The zero-order chi connectivity index (χ0) is 13.5. The molecule has 0 spiro atoms. The summed E-state index contributed by atoms with van der Waals surface area (Å²) in [5.74, 6) is 0.108. The molecule has 3 heteroatoms. The first kappa shape index (κ1) is 11.5. The van der Waals surface area contributed by atoms with Crippen LogP contribution in [0.25, 0.3) is 11.1 Å². The summed E-state index contributed by atoms with van der Waals surface area (Å²) in [6.07, 6.45) is 0.0501. The van der Waals surface area contributed by atoms with Crippen molar-refractivity contribution in [1.82, 2.24) is 0 Å². The number of rotatable bonds is 0. The summed E-state index contributed by atoms with van der Waals surface area (Å²) in [7, 11) is 0. The van der Waals surface area contributed by atoms with Crippen LogP contribution in [0.2, 0.25) is 0 Å². The number of hydrogen-bond donors (Lipinski definition) is 0. The van der Waals surface area contributed by atoms with Gasteiger partial charge in [-0.25, -0.2) is 4.79 Å². The van der Waals surface area contributed by atoms with Gasteiger partial charge >= 0.3 is 6.16 Å². The number of cyclic esters (lactones) is 1. The quantitative estimate of drug-likeness (QED) is 0.684. The summed E-state index contributed by atoms with van der Waals surface area (Å²) in [6, 6.07) is 16.6. The predicted octanol–water partition coefficient (Wildman–Crippen LogP) is 3.53. The van der Waals surface area contributed by atoms with E-state index in [0.717, 1.165) is 6.42 Å². The van der Waals surface area contributed by atoms with Crippen LogP contribution in [0.15, 0.2) is 48.5 Å². The Balaban J connectivity index is 1.93. The molecule has 1 saturated heterocycles. The number of benzene rings is 2. The molecule has 100 valence electrons. The number of fused-ring (bicyclic) bond motifs is 5. The maximum Gasteiger partial charge on any atom is 0.508 e. The van der Waals surface area contributed by atoms with E-state index < -0.39 is 6.16 Å². The first-order chi connectivity index (χ1) is 9.83. The Bertz CT molecular complexity index is 677. The van der Waals surface area contributed by atoms with Gasteiger partial charge in [-0.1, -0.05) is 48.5 Å². The number of carbonyl (C=O) groups excluding carboxylic acids is 1. The maximum absolute atomic E-state index is 11.4. The van der Waals surface area contributed by atoms with Gasteiger partial charge in [0, 0.05) is 6.42 Å². The Morgan fingerprint density at radius 2 is 1.70 bits per heavy atom. The van der Waals surface area contributed by atoms with Crippen LogP contribution in [-0.2, 0) is 15.9 Å². The van der Waals surface area contributed by atoms with E-state index >= 15 is 0 Å². The summed E-state index contributed by atoms with van der Waals surface area (Å²) in [4.78, 5) is 11.4. The SMILES string of the molecule is O=C1OC[C@H]2c3ccccc3-c3ccccc3C[C@H]2O1. The molecule has 1 fully saturated rings. The third-order valence-corrected chi connectivity index (χ3v) is 4.17. The van der Waals surface area contributed by atoms with E-state index in [2.05, 4.69) is 24.3 Å². The molecule has 0 aromatic heterocycles. The first-order valence-electron chi connectivity index (χ1n) is 6.83. The van der Waals surface area contributed by atoms with E-state index in [4.69, 9.17) is 9.47 Å². The maximum atomic E-state index is 11.4. The van der Waals surface area contributed by atoms with Crippen LogP contribution in [0.4, 0.5) is 4.79 Å². The molecule has 2 aromatic carbocycles. The Hall–Kier alpha value is -2.29. The number of ether oxygens (including phenoxy) is 2. The van der Waals surface area contributed by atoms with E-state index in [1.54, 1.807) is 0 Å². The normalized spacial score (nSPS) is 23.5. The second-order valence-electron chi connectivity index (χ2n) is 5.27. The van der Waals surface area contributed by atoms with Crippen molar-refractivity contribution < 1.29 is 14.3 Å². The second kappa shape index (κ2) is 4.37. The Labute approximate surface area is 117 Å². The van der Waals surface area contributed by atoms with Gasteiger partial charge in [0.15, 0.2) is 0 Å². The molecule has 1 heterocycles. The van der Waals surface area contributed by atoms with Gasteiger partial charge in [0.1, 0.15) is 12.7 Å². The van der Waals surface area contributed by atoms with Crippen LogP contribution in [0, 0.1) is 0 Å². The average molecular weight is 266 g/mol. The fraction of sp³-hybridized carbons (Fsp3) is 0.235. The highest BCUT2D eigenvalue weighted by molar-refractivity contribution is 5.73. The summed E-state index contributed by atoms with van der Waals surface area (Å²) < 4.78 is 10.5. The van der Waals surface area contributed by atoms with Crippen LogP contribution in [0.1, 0.15) is 17.0 Å². The third-order valence-electron chi connectivity index (χ3n) is 4.17. The van der Waals surface area contributed by atoms with Crippen molar-refractivity contribution in [2.24, 2.45) is 0 Å². The van der Waals surface area contributed by atoms with Gasteiger partial charge in [0.05, 0.1) is 5.92 Å². The smallest absolute Gasteiger partial charge is 0.433 e. The Morgan fingerprint density at radius 1 is 0.950 bits per heavy atom. The van der Waals surface area contributed by atoms with E-state index in [9.17, 15) is 4.79 Å². The van der Waals surface area contributed by atoms with Crippen molar-refractivity contribution in [3.05, 3.63) is 59.7 Å². The molecule has 0 saturated carbocycles. The van der Waals surface area contributed by atoms with Crippen LogP contribution in [0.5, 0.6) is 0 Å². The molecule has 0 bridgehead atoms. The highest BCUT2D eigenvalue weighted by Gasteiger charge is 2.37. The van der Waals surface area contributed by atoms with Crippen molar-refractivity contribution in [2.45, 2.75) is 18.4 Å². The monoisotopic (exact) mass is 266 g/mol. The van der Waals surface area contributed by atoms with Gasteiger partial charge in [-0.15, -0.1) is 0 Å². The average Bonchev–Trinajstić information content (AvgIpc) is 2.61. The standard InChI is InChI=1S/C17H14O3/c18-17-19-10-15-14-8-4-3-7-13(14)12-6-2-1-5-11(12)9-16(15)20-17/h1-8,15-16H,9-10H2/t15-,16+/m0/s1. The Kier molecular flexibility index (Phi) is 2.52. The van der Waals surface area contributed by atoms with Crippen LogP contribution in [-0.4, -0.2) is 18.9 Å². The molecule has 3 nitrogen and oxygen atoms in total. The predicted molar refractivity (Wildman–Crippen MR) is 74.5 cm³/mol. The van der Waals surface area contributed by atoms with E-state index in [1.807, 2.05) is 24.3 Å². The van der Waals surface area contributed by atoms with E-state index in [0.29, 0.717) is 6.61 Å². The minimum absolute atomic E-state index is 0.108.